The zero-order chi connectivity index (χ0) is 18.6. The number of carbonyl (C=O) groups is 3. The molecule has 0 bridgehead atoms. The first-order valence-corrected chi connectivity index (χ1v) is 8.30. The number of nitrogens with one attached hydrogen (secondary N) is 1. The molecule has 7 nitrogen and oxygen atoms in total. The molecule has 1 heterocycles. The molecule has 0 saturated carbocycles. The van der Waals surface area contributed by atoms with Crippen LogP contribution in [-0.2, 0) is 14.3 Å². The molecule has 0 aromatic heterocycles. The topological polar surface area (TPSA) is 95.9 Å². The van der Waals surface area contributed by atoms with Crippen LogP contribution in [-0.4, -0.2) is 59.6 Å². The maximum absolute atomic E-state index is 12.8. The lowest BCUT2D eigenvalue weighted by atomic mass is 10.0. The molecule has 136 valence electrons. The summed E-state index contributed by atoms with van der Waals surface area (Å²) in [6.07, 6.45) is -1.03. The molecule has 0 spiro atoms. The highest BCUT2D eigenvalue weighted by atomic mass is 16.5. The number of ether oxygens (including phenoxy) is 1. The first-order chi connectivity index (χ1) is 11.8. The van der Waals surface area contributed by atoms with E-state index < -0.39 is 18.1 Å². The van der Waals surface area contributed by atoms with Crippen LogP contribution in [0.4, 0.5) is 0 Å². The Morgan fingerprint density at radius 1 is 1.32 bits per heavy atom. The molecule has 0 unspecified atom stereocenters. The summed E-state index contributed by atoms with van der Waals surface area (Å²) in [6, 6.07) is 6.41. The lowest BCUT2D eigenvalue weighted by Crippen LogP contribution is -2.56. The van der Waals surface area contributed by atoms with Gasteiger partial charge in [0.05, 0.1) is 13.2 Å². The number of aliphatic carboxylic acids is 1. The van der Waals surface area contributed by atoms with Crippen molar-refractivity contribution in [1.29, 1.82) is 0 Å². The van der Waals surface area contributed by atoms with Gasteiger partial charge in [-0.15, -0.1) is 0 Å². The first-order valence-electron chi connectivity index (χ1n) is 8.30. The smallest absolute Gasteiger partial charge is 0.334 e. The number of morpholine rings is 1. The molecular formula is C18H24N2O5. The second-order valence-electron chi connectivity index (χ2n) is 6.55. The summed E-state index contributed by atoms with van der Waals surface area (Å²) in [6.45, 7) is 6.03. The van der Waals surface area contributed by atoms with Crippen molar-refractivity contribution in [3.05, 3.63) is 35.4 Å². The number of hydrogen-bond acceptors (Lipinski definition) is 4. The monoisotopic (exact) mass is 348 g/mol. The fourth-order valence-corrected chi connectivity index (χ4v) is 2.72. The maximum atomic E-state index is 12.8. The van der Waals surface area contributed by atoms with Crippen LogP contribution in [0.1, 0.15) is 29.8 Å². The summed E-state index contributed by atoms with van der Waals surface area (Å²) in [4.78, 5) is 37.8. The van der Waals surface area contributed by atoms with Crippen LogP contribution in [0.2, 0.25) is 0 Å². The van der Waals surface area contributed by atoms with Crippen LogP contribution >= 0.6 is 0 Å². The van der Waals surface area contributed by atoms with Crippen LogP contribution < -0.4 is 5.32 Å². The summed E-state index contributed by atoms with van der Waals surface area (Å²) in [5, 5.41) is 11.9. The van der Waals surface area contributed by atoms with E-state index >= 15 is 0 Å². The van der Waals surface area contributed by atoms with E-state index in [-0.39, 0.29) is 30.9 Å². The molecule has 1 aromatic rings. The number of carboxylic acids is 1. The number of hydrogen-bond donors (Lipinski definition) is 2. The molecule has 7 heteroatoms. The molecule has 2 amide bonds. The number of amides is 2. The van der Waals surface area contributed by atoms with E-state index in [1.807, 2.05) is 26.8 Å². The third-order valence-electron chi connectivity index (χ3n) is 4.15. The molecule has 2 N–H and O–H groups in total. The predicted octanol–water partition coefficient (Wildman–Crippen LogP) is 1.06. The van der Waals surface area contributed by atoms with Crippen molar-refractivity contribution in [3.63, 3.8) is 0 Å². The van der Waals surface area contributed by atoms with Crippen molar-refractivity contribution in [2.45, 2.75) is 32.9 Å². The quantitative estimate of drug-likeness (QED) is 0.829. The summed E-state index contributed by atoms with van der Waals surface area (Å²) in [5.74, 6) is -1.83. The largest absolute Gasteiger partial charge is 0.479 e. The third-order valence-corrected chi connectivity index (χ3v) is 4.15. The van der Waals surface area contributed by atoms with Gasteiger partial charge >= 0.3 is 5.97 Å². The number of nitrogens with zero attached hydrogens (tertiary/aromatic N) is 1. The van der Waals surface area contributed by atoms with Crippen molar-refractivity contribution in [2.75, 3.05) is 19.7 Å². The van der Waals surface area contributed by atoms with Gasteiger partial charge in [-0.05, 0) is 25.0 Å². The summed E-state index contributed by atoms with van der Waals surface area (Å²) in [5.41, 5.74) is 1.45. The standard InChI is InChI=1S/C18H24N2O5/c1-11(2)15(19-16(21)13-6-4-5-12(3)9-13)17(22)20-7-8-25-14(10-20)18(23)24/h4-6,9,11,14-15H,7-8,10H2,1-3H3,(H,19,21)(H,23,24)/t14-,15+/m1/s1. The maximum Gasteiger partial charge on any atom is 0.334 e. The van der Waals surface area contributed by atoms with Crippen molar-refractivity contribution in [3.8, 4) is 0 Å². The Morgan fingerprint density at radius 2 is 2.04 bits per heavy atom. The van der Waals surface area contributed by atoms with Gasteiger partial charge in [-0.2, -0.15) is 0 Å². The van der Waals surface area contributed by atoms with Gasteiger partial charge < -0.3 is 20.1 Å². The second kappa shape index (κ2) is 8.11. The fraction of sp³-hybridized carbons (Fsp3) is 0.500. The van der Waals surface area contributed by atoms with E-state index in [2.05, 4.69) is 5.32 Å². The minimum absolute atomic E-state index is 0.0162. The fourth-order valence-electron chi connectivity index (χ4n) is 2.72. The zero-order valence-corrected chi connectivity index (χ0v) is 14.7. The lowest BCUT2D eigenvalue weighted by molar-refractivity contribution is -0.160. The zero-order valence-electron chi connectivity index (χ0n) is 14.7. The number of benzene rings is 1. The van der Waals surface area contributed by atoms with E-state index in [1.54, 1.807) is 18.2 Å². The lowest BCUT2D eigenvalue weighted by Gasteiger charge is -2.34. The average molecular weight is 348 g/mol. The van der Waals surface area contributed by atoms with Crippen molar-refractivity contribution in [1.82, 2.24) is 10.2 Å². The molecule has 25 heavy (non-hydrogen) atoms. The number of carbonyl (C=O) groups excluding carboxylic acids is 2. The van der Waals surface area contributed by atoms with Crippen LogP contribution in [0, 0.1) is 12.8 Å². The predicted molar refractivity (Wildman–Crippen MR) is 91.2 cm³/mol. The van der Waals surface area contributed by atoms with Crippen LogP contribution in [0.3, 0.4) is 0 Å². The Balaban J connectivity index is 2.10. The SMILES string of the molecule is Cc1cccc(C(=O)N[C@H](C(=O)N2CCO[C@@H](C(=O)O)C2)C(C)C)c1. The Kier molecular flexibility index (Phi) is 6.14. The van der Waals surface area contributed by atoms with Crippen LogP contribution in [0.25, 0.3) is 0 Å². The van der Waals surface area contributed by atoms with Crippen molar-refractivity contribution < 1.29 is 24.2 Å². The molecule has 0 radical (unpaired) electrons. The van der Waals surface area contributed by atoms with Gasteiger partial charge in [0.15, 0.2) is 6.10 Å². The molecule has 1 saturated heterocycles. The highest BCUT2D eigenvalue weighted by Gasteiger charge is 2.34. The normalized spacial score (nSPS) is 18.7. The molecule has 0 aliphatic carbocycles. The van der Waals surface area contributed by atoms with Gasteiger partial charge in [0, 0.05) is 12.1 Å². The summed E-state index contributed by atoms with van der Waals surface area (Å²) < 4.78 is 5.14. The van der Waals surface area contributed by atoms with Gasteiger partial charge in [0.25, 0.3) is 5.91 Å². The molecular weight excluding hydrogens is 324 g/mol. The Morgan fingerprint density at radius 3 is 2.64 bits per heavy atom. The summed E-state index contributed by atoms with van der Waals surface area (Å²) >= 11 is 0. The molecule has 2 atom stereocenters. The third kappa shape index (κ3) is 4.79. The Labute approximate surface area is 147 Å². The number of carboxylic acid groups (broad SMARTS) is 1. The molecule has 2 rings (SSSR count). The second-order valence-corrected chi connectivity index (χ2v) is 6.55. The highest BCUT2D eigenvalue weighted by Crippen LogP contribution is 2.13. The van der Waals surface area contributed by atoms with Gasteiger partial charge in [-0.1, -0.05) is 31.5 Å². The van der Waals surface area contributed by atoms with E-state index in [4.69, 9.17) is 9.84 Å². The Bertz CT molecular complexity index is 659. The average Bonchev–Trinajstić information content (AvgIpc) is 2.58. The van der Waals surface area contributed by atoms with E-state index in [0.29, 0.717) is 12.1 Å². The van der Waals surface area contributed by atoms with Crippen LogP contribution in [0.5, 0.6) is 0 Å². The van der Waals surface area contributed by atoms with E-state index in [9.17, 15) is 14.4 Å². The van der Waals surface area contributed by atoms with Gasteiger partial charge in [0.1, 0.15) is 6.04 Å². The van der Waals surface area contributed by atoms with Crippen molar-refractivity contribution in [2.24, 2.45) is 5.92 Å². The Hall–Kier alpha value is -2.41. The van der Waals surface area contributed by atoms with Gasteiger partial charge in [-0.25, -0.2) is 4.79 Å². The number of aryl methyl sites for hydroxylation is 1. The van der Waals surface area contributed by atoms with Crippen molar-refractivity contribution >= 4 is 17.8 Å². The van der Waals surface area contributed by atoms with Crippen LogP contribution in [0.15, 0.2) is 24.3 Å². The molecule has 1 aromatic carbocycles. The molecule has 1 aliphatic rings. The highest BCUT2D eigenvalue weighted by molar-refractivity contribution is 5.97. The minimum Gasteiger partial charge on any atom is -0.479 e. The number of rotatable bonds is 5. The minimum atomic E-state index is -1.10. The molecule has 1 fully saturated rings. The first kappa shape index (κ1) is 18.9. The summed E-state index contributed by atoms with van der Waals surface area (Å²) in [7, 11) is 0. The van der Waals surface area contributed by atoms with Gasteiger partial charge in [-0.3, -0.25) is 9.59 Å². The van der Waals surface area contributed by atoms with E-state index in [1.165, 1.54) is 4.90 Å². The van der Waals surface area contributed by atoms with E-state index in [0.717, 1.165) is 5.56 Å². The van der Waals surface area contributed by atoms with Gasteiger partial charge in [0.2, 0.25) is 5.91 Å². The molecule has 1 aliphatic heterocycles.